The first-order chi connectivity index (χ1) is 22.4. The van der Waals surface area contributed by atoms with Gasteiger partial charge < -0.3 is 0 Å². The Hall–Kier alpha value is -2.22. The first-order valence-corrected chi connectivity index (χ1v) is 19.7. The summed E-state index contributed by atoms with van der Waals surface area (Å²) in [5.41, 5.74) is 9.62. The highest BCUT2D eigenvalue weighted by atomic mass is 14.8. The van der Waals surface area contributed by atoms with Gasteiger partial charge in [-0.05, 0) is 99.9 Å². The van der Waals surface area contributed by atoms with Crippen LogP contribution in [0.5, 0.6) is 0 Å². The molecule has 0 aliphatic carbocycles. The number of hydrogen-bond acceptors (Lipinski definition) is 2. The second kappa shape index (κ2) is 25.8. The minimum atomic E-state index is 0.992. The molecule has 0 saturated heterocycles. The summed E-state index contributed by atoms with van der Waals surface area (Å²) >= 11 is 0. The summed E-state index contributed by atoms with van der Waals surface area (Å²) in [4.78, 5) is 10.5. The lowest BCUT2D eigenvalue weighted by atomic mass is 10.00. The average Bonchev–Trinajstić information content (AvgIpc) is 3.00. The fourth-order valence-electron chi connectivity index (χ4n) is 6.76. The van der Waals surface area contributed by atoms with Crippen LogP contribution in [0.25, 0.3) is 0 Å². The van der Waals surface area contributed by atoms with Crippen molar-refractivity contribution in [2.75, 3.05) is 0 Å². The molecule has 2 nitrogen and oxygen atoms in total. The Morgan fingerprint density at radius 1 is 0.348 bits per heavy atom. The Bertz CT molecular complexity index is 1080. The van der Waals surface area contributed by atoms with Crippen LogP contribution in [0.4, 0.5) is 11.4 Å². The largest absolute Gasteiger partial charge is 0.252 e. The van der Waals surface area contributed by atoms with Crippen molar-refractivity contribution >= 4 is 22.8 Å². The summed E-state index contributed by atoms with van der Waals surface area (Å²) in [7, 11) is 0. The lowest BCUT2D eigenvalue weighted by Gasteiger charge is -2.12. The SMILES string of the molecule is CCCCCCCCCCCCCCCCCCCCCCC(=Nc1cc(C)cc(C)c1)C(CCCC)=Nc1cc(C)cc(C)c1. The zero-order chi connectivity index (χ0) is 33.2. The molecule has 2 heteroatoms. The van der Waals surface area contributed by atoms with Gasteiger partial charge in [0.1, 0.15) is 0 Å². The van der Waals surface area contributed by atoms with Crippen LogP contribution in [0.2, 0.25) is 0 Å². The number of rotatable bonds is 27. The topological polar surface area (TPSA) is 24.7 Å². The van der Waals surface area contributed by atoms with Gasteiger partial charge in [0.25, 0.3) is 0 Å². The number of aryl methyl sites for hydroxylation is 4. The molecule has 0 amide bonds. The average molecular weight is 629 g/mol. The standard InChI is InChI=1S/C44H72N2/c1-7-9-11-12-13-14-15-16-17-18-19-20-21-22-23-24-25-26-27-28-30-44(46-42-35-39(5)32-40(6)36-42)43(29-10-8-2)45-41-33-37(3)31-38(4)34-41/h31-36H,7-30H2,1-6H3. The first-order valence-electron chi connectivity index (χ1n) is 19.7. The van der Waals surface area contributed by atoms with E-state index in [1.807, 2.05) is 0 Å². The van der Waals surface area contributed by atoms with E-state index in [2.05, 4.69) is 77.9 Å². The van der Waals surface area contributed by atoms with Gasteiger partial charge >= 0.3 is 0 Å². The molecule has 2 rings (SSSR count). The van der Waals surface area contributed by atoms with Crippen LogP contribution in [0, 0.1) is 27.7 Å². The van der Waals surface area contributed by atoms with Gasteiger partial charge in [-0.15, -0.1) is 0 Å². The number of aliphatic imine (C=N–C) groups is 2. The zero-order valence-corrected chi connectivity index (χ0v) is 31.3. The van der Waals surface area contributed by atoms with Gasteiger partial charge in [0.05, 0.1) is 22.8 Å². The van der Waals surface area contributed by atoms with Gasteiger partial charge in [0, 0.05) is 0 Å². The van der Waals surface area contributed by atoms with Crippen molar-refractivity contribution < 1.29 is 0 Å². The van der Waals surface area contributed by atoms with E-state index in [-0.39, 0.29) is 0 Å². The quantitative estimate of drug-likeness (QED) is 0.0694. The molecule has 2 aromatic carbocycles. The van der Waals surface area contributed by atoms with Gasteiger partial charge in [0.15, 0.2) is 0 Å². The normalized spacial score (nSPS) is 12.3. The van der Waals surface area contributed by atoms with Gasteiger partial charge in [0.2, 0.25) is 0 Å². The van der Waals surface area contributed by atoms with E-state index in [0.717, 1.165) is 30.6 Å². The molecular weight excluding hydrogens is 556 g/mol. The molecule has 0 radical (unpaired) electrons. The van der Waals surface area contributed by atoms with Crippen LogP contribution in [-0.2, 0) is 0 Å². The Labute approximate surface area is 286 Å². The second-order valence-electron chi connectivity index (χ2n) is 14.4. The fourth-order valence-corrected chi connectivity index (χ4v) is 6.76. The Kier molecular flexibility index (Phi) is 22.4. The summed E-state index contributed by atoms with van der Waals surface area (Å²) in [6, 6.07) is 13.3. The molecule has 0 saturated carbocycles. The van der Waals surface area contributed by atoms with E-state index in [1.165, 1.54) is 169 Å². The summed E-state index contributed by atoms with van der Waals surface area (Å²) in [6.45, 7) is 13.3. The zero-order valence-electron chi connectivity index (χ0n) is 31.3. The van der Waals surface area contributed by atoms with Crippen LogP contribution in [-0.4, -0.2) is 11.4 Å². The number of nitrogens with zero attached hydrogens (tertiary/aromatic N) is 2. The lowest BCUT2D eigenvalue weighted by Crippen LogP contribution is -2.14. The van der Waals surface area contributed by atoms with Gasteiger partial charge in [-0.25, -0.2) is 0 Å². The summed E-state index contributed by atoms with van der Waals surface area (Å²) < 4.78 is 0. The minimum Gasteiger partial charge on any atom is -0.252 e. The van der Waals surface area contributed by atoms with E-state index in [1.54, 1.807) is 0 Å². The Morgan fingerprint density at radius 2 is 0.609 bits per heavy atom. The molecule has 0 heterocycles. The lowest BCUT2D eigenvalue weighted by molar-refractivity contribution is 0.522. The highest BCUT2D eigenvalue weighted by Gasteiger charge is 2.11. The maximum Gasteiger partial charge on any atom is 0.0639 e. The summed E-state index contributed by atoms with van der Waals surface area (Å²) in [6.07, 6.45) is 32.6. The Morgan fingerprint density at radius 3 is 0.913 bits per heavy atom. The molecule has 0 aliphatic rings. The summed E-state index contributed by atoms with van der Waals surface area (Å²) in [5.74, 6) is 0. The van der Waals surface area contributed by atoms with Crippen molar-refractivity contribution in [2.45, 2.75) is 196 Å². The van der Waals surface area contributed by atoms with Crippen LogP contribution in [0.15, 0.2) is 46.4 Å². The number of benzene rings is 2. The molecule has 0 aliphatic heterocycles. The van der Waals surface area contributed by atoms with Crippen molar-refractivity contribution in [1.82, 2.24) is 0 Å². The van der Waals surface area contributed by atoms with Crippen molar-refractivity contribution in [1.29, 1.82) is 0 Å². The van der Waals surface area contributed by atoms with Crippen LogP contribution in [0.1, 0.15) is 190 Å². The molecule has 0 aromatic heterocycles. The maximum absolute atomic E-state index is 5.28. The molecular formula is C44H72N2. The second-order valence-corrected chi connectivity index (χ2v) is 14.4. The molecule has 0 unspecified atom stereocenters. The van der Waals surface area contributed by atoms with E-state index in [9.17, 15) is 0 Å². The fraction of sp³-hybridized carbons (Fsp3) is 0.682. The third kappa shape index (κ3) is 19.4. The minimum absolute atomic E-state index is 0.992. The third-order valence-corrected chi connectivity index (χ3v) is 9.31. The molecule has 0 fully saturated rings. The Balaban J connectivity index is 1.73. The van der Waals surface area contributed by atoms with Crippen molar-refractivity contribution in [3.05, 3.63) is 58.7 Å². The van der Waals surface area contributed by atoms with E-state index in [0.29, 0.717) is 0 Å². The highest BCUT2D eigenvalue weighted by Crippen LogP contribution is 2.23. The predicted octanol–water partition coefficient (Wildman–Crippen LogP) is 15.2. The molecule has 0 bridgehead atoms. The molecule has 0 spiro atoms. The number of hydrogen-bond donors (Lipinski definition) is 0. The van der Waals surface area contributed by atoms with E-state index >= 15 is 0 Å². The van der Waals surface area contributed by atoms with Crippen molar-refractivity contribution in [2.24, 2.45) is 9.98 Å². The van der Waals surface area contributed by atoms with Crippen LogP contribution >= 0.6 is 0 Å². The maximum atomic E-state index is 5.28. The monoisotopic (exact) mass is 629 g/mol. The van der Waals surface area contributed by atoms with Gasteiger partial charge in [-0.3, -0.25) is 9.98 Å². The summed E-state index contributed by atoms with van der Waals surface area (Å²) in [5, 5.41) is 0. The van der Waals surface area contributed by atoms with Crippen molar-refractivity contribution in [3.63, 3.8) is 0 Å². The predicted molar refractivity (Wildman–Crippen MR) is 208 cm³/mol. The number of unbranched alkanes of at least 4 members (excludes halogenated alkanes) is 20. The molecule has 0 N–H and O–H groups in total. The molecule has 258 valence electrons. The third-order valence-electron chi connectivity index (χ3n) is 9.31. The highest BCUT2D eigenvalue weighted by molar-refractivity contribution is 6.43. The first kappa shape index (κ1) is 40.0. The molecule has 2 aromatic rings. The molecule has 0 atom stereocenters. The van der Waals surface area contributed by atoms with Gasteiger partial charge in [-0.1, -0.05) is 154 Å². The smallest absolute Gasteiger partial charge is 0.0639 e. The molecule has 46 heavy (non-hydrogen) atoms. The van der Waals surface area contributed by atoms with E-state index < -0.39 is 0 Å². The van der Waals surface area contributed by atoms with Crippen LogP contribution in [0.3, 0.4) is 0 Å². The van der Waals surface area contributed by atoms with Gasteiger partial charge in [-0.2, -0.15) is 0 Å². The van der Waals surface area contributed by atoms with E-state index in [4.69, 9.17) is 9.98 Å². The van der Waals surface area contributed by atoms with Crippen LogP contribution < -0.4 is 0 Å². The van der Waals surface area contributed by atoms with Crippen molar-refractivity contribution in [3.8, 4) is 0 Å².